The molecule has 5 nitrogen and oxygen atoms in total. The third kappa shape index (κ3) is 5.67. The zero-order chi connectivity index (χ0) is 25.3. The number of rotatable bonds is 5. The van der Waals surface area contributed by atoms with Gasteiger partial charge in [0.25, 0.3) is 5.56 Å². The van der Waals surface area contributed by atoms with E-state index in [1.165, 1.54) is 30.3 Å². The van der Waals surface area contributed by atoms with Crippen molar-refractivity contribution in [2.75, 3.05) is 37.6 Å². The van der Waals surface area contributed by atoms with E-state index in [9.17, 15) is 22.4 Å². The monoisotopic (exact) mass is 508 g/mol. The van der Waals surface area contributed by atoms with Gasteiger partial charge in [-0.05, 0) is 48.4 Å². The molecule has 10 heteroatoms. The van der Waals surface area contributed by atoms with Gasteiger partial charge in [0.2, 0.25) is 0 Å². The van der Waals surface area contributed by atoms with E-state index < -0.39 is 23.1 Å². The summed E-state index contributed by atoms with van der Waals surface area (Å²) >= 11 is 5.91. The Morgan fingerprint density at radius 1 is 1.00 bits per heavy atom. The number of hydrogen-bond donors (Lipinski definition) is 0. The molecule has 2 heterocycles. The van der Waals surface area contributed by atoms with E-state index in [-0.39, 0.29) is 22.1 Å². The van der Waals surface area contributed by atoms with Crippen LogP contribution in [0.3, 0.4) is 0 Å². The van der Waals surface area contributed by atoms with Crippen molar-refractivity contribution in [3.8, 4) is 17.1 Å². The Morgan fingerprint density at radius 3 is 2.23 bits per heavy atom. The maximum Gasteiger partial charge on any atom is 0.416 e. The quantitative estimate of drug-likeness (QED) is 0.427. The summed E-state index contributed by atoms with van der Waals surface area (Å²) in [6, 6.07) is 9.44. The van der Waals surface area contributed by atoms with Crippen LogP contribution in [0.1, 0.15) is 19.4 Å². The summed E-state index contributed by atoms with van der Waals surface area (Å²) in [6.45, 7) is 8.17. The Morgan fingerprint density at radius 2 is 1.66 bits per heavy atom. The van der Waals surface area contributed by atoms with Gasteiger partial charge in [0.15, 0.2) is 5.82 Å². The van der Waals surface area contributed by atoms with Gasteiger partial charge in [0.1, 0.15) is 11.6 Å². The second-order valence-corrected chi connectivity index (χ2v) is 9.40. The Labute approximate surface area is 205 Å². The maximum absolute atomic E-state index is 14.9. The van der Waals surface area contributed by atoms with Crippen molar-refractivity contribution in [1.29, 1.82) is 0 Å². The zero-order valence-corrected chi connectivity index (χ0v) is 20.1. The summed E-state index contributed by atoms with van der Waals surface area (Å²) in [4.78, 5) is 22.2. The van der Waals surface area contributed by atoms with Crippen LogP contribution in [-0.4, -0.2) is 47.2 Å². The first kappa shape index (κ1) is 25.2. The molecule has 1 saturated heterocycles. The summed E-state index contributed by atoms with van der Waals surface area (Å²) < 4.78 is 55.2. The average molecular weight is 509 g/mol. The average Bonchev–Trinajstić information content (AvgIpc) is 2.78. The van der Waals surface area contributed by atoms with Crippen LogP contribution in [-0.2, 0) is 6.18 Å². The molecule has 1 aliphatic rings. The number of benzene rings is 2. The number of hydrogen-bond acceptors (Lipinski definition) is 4. The highest BCUT2D eigenvalue weighted by molar-refractivity contribution is 6.30. The molecule has 1 aliphatic heterocycles. The number of nitrogens with zero attached hydrogens (tertiary/aromatic N) is 4. The van der Waals surface area contributed by atoms with Gasteiger partial charge >= 0.3 is 6.18 Å². The lowest BCUT2D eigenvalue weighted by Gasteiger charge is -2.36. The first-order chi connectivity index (χ1) is 16.5. The molecule has 0 spiro atoms. The summed E-state index contributed by atoms with van der Waals surface area (Å²) in [6.07, 6.45) is -4.52. The Kier molecular flexibility index (Phi) is 7.19. The van der Waals surface area contributed by atoms with E-state index in [2.05, 4.69) is 23.7 Å². The third-order valence-electron chi connectivity index (χ3n) is 5.85. The van der Waals surface area contributed by atoms with Crippen LogP contribution in [0, 0.1) is 11.7 Å². The number of aromatic nitrogens is 2. The van der Waals surface area contributed by atoms with Crippen molar-refractivity contribution in [3.63, 3.8) is 0 Å². The molecule has 0 amide bonds. The lowest BCUT2D eigenvalue weighted by molar-refractivity contribution is -0.137. The fourth-order valence-electron chi connectivity index (χ4n) is 4.21. The molecule has 0 unspecified atom stereocenters. The molecule has 3 aromatic rings. The van der Waals surface area contributed by atoms with Crippen LogP contribution in [0.25, 0.3) is 17.1 Å². The maximum atomic E-state index is 14.9. The first-order valence-electron chi connectivity index (χ1n) is 11.3. The van der Waals surface area contributed by atoms with Crippen molar-refractivity contribution in [2.45, 2.75) is 20.0 Å². The predicted octanol–water partition coefficient (Wildman–Crippen LogP) is 5.49. The van der Waals surface area contributed by atoms with E-state index in [1.807, 2.05) is 4.90 Å². The lowest BCUT2D eigenvalue weighted by atomic mass is 10.1. The van der Waals surface area contributed by atoms with Gasteiger partial charge < -0.3 is 4.90 Å². The second kappa shape index (κ2) is 9.99. The Balaban J connectivity index is 1.78. The van der Waals surface area contributed by atoms with E-state index in [1.54, 1.807) is 0 Å². The van der Waals surface area contributed by atoms with Crippen molar-refractivity contribution in [2.24, 2.45) is 5.92 Å². The van der Waals surface area contributed by atoms with Crippen LogP contribution < -0.4 is 10.5 Å². The van der Waals surface area contributed by atoms with Crippen LogP contribution in [0.4, 0.5) is 23.4 Å². The molecule has 1 fully saturated rings. The first-order valence-corrected chi connectivity index (χ1v) is 11.6. The van der Waals surface area contributed by atoms with Crippen molar-refractivity contribution >= 4 is 17.4 Å². The van der Waals surface area contributed by atoms with Crippen molar-refractivity contribution in [3.05, 3.63) is 75.3 Å². The molecule has 0 atom stereocenters. The molecule has 0 radical (unpaired) electrons. The van der Waals surface area contributed by atoms with Crippen molar-refractivity contribution < 1.29 is 17.6 Å². The highest BCUT2D eigenvalue weighted by Gasteiger charge is 2.30. The normalized spacial score (nSPS) is 15.1. The molecule has 0 N–H and O–H groups in total. The molecule has 0 aliphatic carbocycles. The molecule has 0 bridgehead atoms. The van der Waals surface area contributed by atoms with Crippen molar-refractivity contribution in [1.82, 2.24) is 14.5 Å². The largest absolute Gasteiger partial charge is 0.416 e. The predicted molar refractivity (Wildman–Crippen MR) is 129 cm³/mol. The SMILES string of the molecule is CC(C)CN1CCN(c2cc(=O)n(-c3ccc(C(F)(F)F)cc3)c(-c3ccc(Cl)cc3F)n2)CC1. The molecule has 1 aromatic heterocycles. The van der Waals surface area contributed by atoms with Gasteiger partial charge in [-0.25, -0.2) is 9.37 Å². The molecule has 35 heavy (non-hydrogen) atoms. The van der Waals surface area contributed by atoms with E-state index in [4.69, 9.17) is 11.6 Å². The molecule has 0 saturated carbocycles. The van der Waals surface area contributed by atoms with E-state index in [0.717, 1.165) is 42.4 Å². The third-order valence-corrected chi connectivity index (χ3v) is 6.08. The Hall–Kier alpha value is -2.91. The molecule has 4 rings (SSSR count). The van der Waals surface area contributed by atoms with E-state index in [0.29, 0.717) is 24.8 Å². The lowest BCUT2D eigenvalue weighted by Crippen LogP contribution is -2.48. The van der Waals surface area contributed by atoms with Crippen LogP contribution in [0.2, 0.25) is 5.02 Å². The van der Waals surface area contributed by atoms with Gasteiger partial charge in [-0.2, -0.15) is 13.2 Å². The van der Waals surface area contributed by atoms with Crippen LogP contribution >= 0.6 is 11.6 Å². The minimum Gasteiger partial charge on any atom is -0.354 e. The fraction of sp³-hybridized carbons (Fsp3) is 0.360. The highest BCUT2D eigenvalue weighted by atomic mass is 35.5. The fourth-order valence-corrected chi connectivity index (χ4v) is 4.37. The summed E-state index contributed by atoms with van der Waals surface area (Å²) in [7, 11) is 0. The minimum absolute atomic E-state index is 0.00830. The van der Waals surface area contributed by atoms with Crippen LogP contribution in [0.15, 0.2) is 53.3 Å². The van der Waals surface area contributed by atoms with Gasteiger partial charge in [0, 0.05) is 43.8 Å². The molecule has 2 aromatic carbocycles. The van der Waals surface area contributed by atoms with Gasteiger partial charge in [-0.1, -0.05) is 25.4 Å². The number of piperazine rings is 1. The Bertz CT molecular complexity index is 1250. The topological polar surface area (TPSA) is 41.4 Å². The standard InChI is InChI=1S/C25H25ClF4N4O/c1-16(2)15-32-9-11-33(12-10-32)22-14-23(35)34(19-6-3-17(4-7-19)25(28,29)30)24(31-22)20-8-5-18(26)13-21(20)27/h3-8,13-14,16H,9-12,15H2,1-2H3. The molecular formula is C25H25ClF4N4O. The highest BCUT2D eigenvalue weighted by Crippen LogP contribution is 2.31. The summed E-state index contributed by atoms with van der Waals surface area (Å²) in [5.74, 6) is 0.230. The minimum atomic E-state index is -4.52. The van der Waals surface area contributed by atoms with Gasteiger partial charge in [-0.3, -0.25) is 14.3 Å². The summed E-state index contributed by atoms with van der Waals surface area (Å²) in [5.41, 5.74) is -1.21. The number of anilines is 1. The van der Waals surface area contributed by atoms with Gasteiger partial charge in [0.05, 0.1) is 16.8 Å². The summed E-state index contributed by atoms with van der Waals surface area (Å²) in [5, 5.41) is 0.173. The molecule has 186 valence electrons. The molecular weight excluding hydrogens is 484 g/mol. The number of alkyl halides is 3. The zero-order valence-electron chi connectivity index (χ0n) is 19.3. The smallest absolute Gasteiger partial charge is 0.354 e. The van der Waals surface area contributed by atoms with E-state index >= 15 is 0 Å². The second-order valence-electron chi connectivity index (χ2n) is 8.96. The number of halogens is 5. The van der Waals surface area contributed by atoms with Gasteiger partial charge in [-0.15, -0.1) is 0 Å². The van der Waals surface area contributed by atoms with Crippen LogP contribution in [0.5, 0.6) is 0 Å².